The molecule has 0 aliphatic rings. The van der Waals surface area contributed by atoms with Crippen LogP contribution in [0.5, 0.6) is 0 Å². The number of aliphatic carboxylic acids is 2. The molecule has 0 aliphatic carbocycles. The van der Waals surface area contributed by atoms with Crippen molar-refractivity contribution in [1.29, 1.82) is 0 Å². The first-order chi connectivity index (χ1) is 4.57. The topological polar surface area (TPSA) is 101 Å². The second-order valence-corrected chi connectivity index (χ2v) is 1.57. The molecule has 0 spiro atoms. The summed E-state index contributed by atoms with van der Waals surface area (Å²) in [5.74, 6) is -2.51. The first-order valence-electron chi connectivity index (χ1n) is 2.43. The van der Waals surface area contributed by atoms with E-state index in [1.165, 1.54) is 0 Å². The molecule has 0 amide bonds. The summed E-state index contributed by atoms with van der Waals surface area (Å²) >= 11 is 0. The number of carboxylic acid groups (broad SMARTS) is 2. The quantitative estimate of drug-likeness (QED) is 0.460. The molecule has 0 saturated heterocycles. The third-order valence-corrected chi connectivity index (χ3v) is 0.818. The number of hydrogen-bond donors (Lipinski definition) is 3. The van der Waals surface area contributed by atoms with Crippen LogP contribution in [-0.4, -0.2) is 22.2 Å². The van der Waals surface area contributed by atoms with Gasteiger partial charge < -0.3 is 15.9 Å². The van der Waals surface area contributed by atoms with Crippen LogP contribution in [0.4, 0.5) is 0 Å². The van der Waals surface area contributed by atoms with Gasteiger partial charge in [-0.3, -0.25) is 4.79 Å². The molecule has 0 atom stereocenters. The third-order valence-electron chi connectivity index (χ3n) is 0.818. The van der Waals surface area contributed by atoms with Crippen LogP contribution in [0.15, 0.2) is 11.8 Å². The van der Waals surface area contributed by atoms with Crippen LogP contribution in [0.25, 0.3) is 0 Å². The minimum Gasteiger partial charge on any atom is -0.481 e. The van der Waals surface area contributed by atoms with Gasteiger partial charge in [0.05, 0.1) is 12.0 Å². The number of carbonyl (C=O) groups is 2. The van der Waals surface area contributed by atoms with Crippen LogP contribution >= 0.6 is 0 Å². The van der Waals surface area contributed by atoms with Crippen LogP contribution in [0.3, 0.4) is 0 Å². The Morgan fingerprint density at radius 1 is 1.40 bits per heavy atom. The van der Waals surface area contributed by atoms with E-state index >= 15 is 0 Å². The lowest BCUT2D eigenvalue weighted by molar-refractivity contribution is -0.139. The lowest BCUT2D eigenvalue weighted by Gasteiger charge is -1.93. The molecule has 0 saturated carbocycles. The second-order valence-electron chi connectivity index (χ2n) is 1.57. The standard InChI is InChI=1S/C5H7NO4/c6-2-3(5(9)10)1-4(7)8/h2H,1,6H2,(H,7,8)(H,9,10)/b3-2+. The van der Waals surface area contributed by atoms with Crippen molar-refractivity contribution in [2.24, 2.45) is 5.73 Å². The fraction of sp³-hybridized carbons (Fsp3) is 0.200. The first kappa shape index (κ1) is 8.48. The molecule has 5 nitrogen and oxygen atoms in total. The Labute approximate surface area is 56.8 Å². The van der Waals surface area contributed by atoms with Gasteiger partial charge in [-0.2, -0.15) is 0 Å². The Morgan fingerprint density at radius 2 is 1.90 bits per heavy atom. The average molecular weight is 145 g/mol. The number of nitrogens with two attached hydrogens (primary N) is 1. The smallest absolute Gasteiger partial charge is 0.333 e. The summed E-state index contributed by atoms with van der Waals surface area (Å²) in [5, 5.41) is 16.3. The Morgan fingerprint density at radius 3 is 2.00 bits per heavy atom. The zero-order valence-corrected chi connectivity index (χ0v) is 5.07. The molecule has 0 aromatic carbocycles. The van der Waals surface area contributed by atoms with Gasteiger partial charge in [0.15, 0.2) is 0 Å². The molecular weight excluding hydrogens is 138 g/mol. The maximum atomic E-state index is 10.1. The molecule has 0 radical (unpaired) electrons. The fourth-order valence-corrected chi connectivity index (χ4v) is 0.369. The summed E-state index contributed by atoms with van der Waals surface area (Å²) in [4.78, 5) is 20.0. The monoisotopic (exact) mass is 145 g/mol. The summed E-state index contributed by atoms with van der Waals surface area (Å²) in [7, 11) is 0. The lowest BCUT2D eigenvalue weighted by atomic mass is 10.2. The van der Waals surface area contributed by atoms with Crippen LogP contribution in [0.2, 0.25) is 0 Å². The maximum absolute atomic E-state index is 10.1. The zero-order valence-electron chi connectivity index (χ0n) is 5.07. The number of hydrogen-bond acceptors (Lipinski definition) is 3. The summed E-state index contributed by atoms with van der Waals surface area (Å²) in [6.07, 6.45) is 0.224. The van der Waals surface area contributed by atoms with E-state index in [0.29, 0.717) is 0 Å². The van der Waals surface area contributed by atoms with Crippen molar-refractivity contribution in [1.82, 2.24) is 0 Å². The minimum atomic E-state index is -1.30. The molecular formula is C5H7NO4. The molecule has 56 valence electrons. The molecule has 0 fully saturated rings. The van der Waals surface area contributed by atoms with Gasteiger partial charge in [0, 0.05) is 6.20 Å². The SMILES string of the molecule is N/C=C(\CC(=O)O)C(=O)O. The molecule has 0 aromatic rings. The van der Waals surface area contributed by atoms with Crippen LogP contribution in [0, 0.1) is 0 Å². The molecule has 5 heteroatoms. The van der Waals surface area contributed by atoms with Crippen molar-refractivity contribution in [3.8, 4) is 0 Å². The highest BCUT2D eigenvalue weighted by Gasteiger charge is 2.09. The number of rotatable bonds is 3. The van der Waals surface area contributed by atoms with E-state index in [4.69, 9.17) is 15.9 Å². The Bertz CT molecular complexity index is 184. The van der Waals surface area contributed by atoms with E-state index in [1.54, 1.807) is 0 Å². The van der Waals surface area contributed by atoms with Gasteiger partial charge in [-0.05, 0) is 0 Å². The molecule has 0 aromatic heterocycles. The van der Waals surface area contributed by atoms with Gasteiger partial charge in [-0.15, -0.1) is 0 Å². The van der Waals surface area contributed by atoms with Crippen molar-refractivity contribution >= 4 is 11.9 Å². The molecule has 0 unspecified atom stereocenters. The van der Waals surface area contributed by atoms with Gasteiger partial charge in [0.1, 0.15) is 0 Å². The molecule has 10 heavy (non-hydrogen) atoms. The minimum absolute atomic E-state index is 0.312. The van der Waals surface area contributed by atoms with Gasteiger partial charge in [0.25, 0.3) is 0 Å². The highest BCUT2D eigenvalue weighted by atomic mass is 16.4. The van der Waals surface area contributed by atoms with Crippen molar-refractivity contribution < 1.29 is 19.8 Å². The highest BCUT2D eigenvalue weighted by molar-refractivity contribution is 5.91. The first-order valence-corrected chi connectivity index (χ1v) is 2.43. The van der Waals surface area contributed by atoms with E-state index in [1.807, 2.05) is 0 Å². The molecule has 0 aliphatic heterocycles. The van der Waals surface area contributed by atoms with Gasteiger partial charge in [0.2, 0.25) is 0 Å². The predicted octanol–water partition coefficient (Wildman–Crippen LogP) is -0.612. The fourth-order valence-electron chi connectivity index (χ4n) is 0.369. The Balaban J connectivity index is 4.12. The zero-order chi connectivity index (χ0) is 8.15. The Hall–Kier alpha value is -1.52. The van der Waals surface area contributed by atoms with E-state index in [0.717, 1.165) is 6.20 Å². The summed E-state index contributed by atoms with van der Waals surface area (Å²) in [6.45, 7) is 0. The predicted molar refractivity (Wildman–Crippen MR) is 32.2 cm³/mol. The van der Waals surface area contributed by atoms with Crippen LogP contribution < -0.4 is 5.73 Å². The van der Waals surface area contributed by atoms with Crippen molar-refractivity contribution in [3.05, 3.63) is 11.8 Å². The van der Waals surface area contributed by atoms with Crippen molar-refractivity contribution in [3.63, 3.8) is 0 Å². The third kappa shape index (κ3) is 2.71. The van der Waals surface area contributed by atoms with Crippen molar-refractivity contribution in [2.45, 2.75) is 6.42 Å². The van der Waals surface area contributed by atoms with E-state index in [-0.39, 0.29) is 5.57 Å². The van der Waals surface area contributed by atoms with E-state index in [2.05, 4.69) is 0 Å². The summed E-state index contributed by atoms with van der Waals surface area (Å²) in [6, 6.07) is 0. The summed E-state index contributed by atoms with van der Waals surface area (Å²) < 4.78 is 0. The van der Waals surface area contributed by atoms with E-state index < -0.39 is 18.4 Å². The molecule has 0 rings (SSSR count). The van der Waals surface area contributed by atoms with Gasteiger partial charge >= 0.3 is 11.9 Å². The van der Waals surface area contributed by atoms with E-state index in [9.17, 15) is 9.59 Å². The van der Waals surface area contributed by atoms with Crippen LogP contribution in [0.1, 0.15) is 6.42 Å². The average Bonchev–Trinajstić information content (AvgIpc) is 1.81. The van der Waals surface area contributed by atoms with Gasteiger partial charge in [-0.1, -0.05) is 0 Å². The maximum Gasteiger partial charge on any atom is 0.333 e. The molecule has 4 N–H and O–H groups in total. The van der Waals surface area contributed by atoms with Crippen molar-refractivity contribution in [2.75, 3.05) is 0 Å². The Kier molecular flexibility index (Phi) is 2.96. The van der Waals surface area contributed by atoms with Gasteiger partial charge in [-0.25, -0.2) is 4.79 Å². The number of carboxylic acids is 2. The normalized spacial score (nSPS) is 11.0. The second kappa shape index (κ2) is 3.49. The van der Waals surface area contributed by atoms with Crippen LogP contribution in [-0.2, 0) is 9.59 Å². The lowest BCUT2D eigenvalue weighted by Crippen LogP contribution is -2.08. The summed E-state index contributed by atoms with van der Waals surface area (Å²) in [5.41, 5.74) is 4.50. The molecule has 0 bridgehead atoms. The highest BCUT2D eigenvalue weighted by Crippen LogP contribution is 1.97. The largest absolute Gasteiger partial charge is 0.481 e. The molecule has 0 heterocycles.